The van der Waals surface area contributed by atoms with E-state index in [9.17, 15) is 9.59 Å². The summed E-state index contributed by atoms with van der Waals surface area (Å²) in [6.45, 7) is 8.19. The molecule has 0 atom stereocenters. The number of aromatic nitrogens is 2. The summed E-state index contributed by atoms with van der Waals surface area (Å²) in [4.78, 5) is 33.2. The molecular weight excluding hydrogens is 292 g/mol. The first kappa shape index (κ1) is 17.1. The maximum absolute atomic E-state index is 12.1. The highest BCUT2D eigenvalue weighted by Gasteiger charge is 2.12. The predicted octanol–water partition coefficient (Wildman–Crippen LogP) is 1.52. The topological polar surface area (TPSA) is 78.1 Å². The van der Waals surface area contributed by atoms with Crippen LogP contribution in [-0.2, 0) is 11.3 Å². The van der Waals surface area contributed by atoms with E-state index in [4.69, 9.17) is 0 Å². The molecule has 2 aromatic rings. The van der Waals surface area contributed by atoms with E-state index in [-0.39, 0.29) is 11.5 Å². The normalized spacial score (nSPS) is 11.3. The second-order valence-corrected chi connectivity index (χ2v) is 6.03. The molecule has 0 radical (unpaired) electrons. The van der Waals surface area contributed by atoms with E-state index in [2.05, 4.69) is 29.1 Å². The van der Waals surface area contributed by atoms with Gasteiger partial charge in [-0.2, -0.15) is 0 Å². The minimum atomic E-state index is -0.147. The summed E-state index contributed by atoms with van der Waals surface area (Å²) in [5, 5.41) is 3.48. The monoisotopic (exact) mass is 316 g/mol. The average molecular weight is 316 g/mol. The molecule has 1 amide bonds. The van der Waals surface area contributed by atoms with Crippen LogP contribution in [0.4, 0.5) is 0 Å². The number of nitrogens with one attached hydrogen (secondary N) is 2. The van der Waals surface area contributed by atoms with Crippen LogP contribution in [0.3, 0.4) is 0 Å². The molecule has 0 bridgehead atoms. The third-order valence-corrected chi connectivity index (χ3v) is 3.56. The quantitative estimate of drug-likeness (QED) is 0.812. The van der Waals surface area contributed by atoms with Crippen molar-refractivity contribution < 1.29 is 4.79 Å². The van der Waals surface area contributed by atoms with Crippen molar-refractivity contribution in [2.45, 2.75) is 27.3 Å². The summed E-state index contributed by atoms with van der Waals surface area (Å²) in [6.07, 6.45) is 0. The fourth-order valence-electron chi connectivity index (χ4n) is 2.28. The molecule has 0 fully saturated rings. The second kappa shape index (κ2) is 7.87. The van der Waals surface area contributed by atoms with Gasteiger partial charge in [0, 0.05) is 6.54 Å². The standard InChI is InChI=1S/C17H24N4O2/c1-4-21(11-16(22)18-9-12(2)3)10-15-19-14-8-6-5-7-13(14)17(23)20-15/h5-8,12H,4,9-11H2,1-3H3,(H,18,22)(H,19,20,23). The van der Waals surface area contributed by atoms with Crippen LogP contribution < -0.4 is 10.9 Å². The molecule has 0 aliphatic heterocycles. The van der Waals surface area contributed by atoms with Crippen molar-refractivity contribution >= 4 is 16.8 Å². The lowest BCUT2D eigenvalue weighted by Crippen LogP contribution is -2.38. The number of likely N-dealkylation sites (N-methyl/N-ethyl adjacent to an activating group) is 1. The molecule has 0 aliphatic rings. The largest absolute Gasteiger partial charge is 0.355 e. The van der Waals surface area contributed by atoms with Crippen molar-refractivity contribution in [3.63, 3.8) is 0 Å². The molecule has 0 unspecified atom stereocenters. The first-order chi connectivity index (χ1) is 11.0. The lowest BCUT2D eigenvalue weighted by molar-refractivity contribution is -0.122. The summed E-state index contributed by atoms with van der Waals surface area (Å²) >= 11 is 0. The molecule has 0 saturated heterocycles. The van der Waals surface area contributed by atoms with Crippen LogP contribution in [0.15, 0.2) is 29.1 Å². The maximum atomic E-state index is 12.1. The Morgan fingerprint density at radius 2 is 2.09 bits per heavy atom. The van der Waals surface area contributed by atoms with Gasteiger partial charge in [0.25, 0.3) is 5.56 Å². The van der Waals surface area contributed by atoms with Crippen molar-refractivity contribution in [1.29, 1.82) is 0 Å². The SMILES string of the molecule is CCN(CC(=O)NCC(C)C)Cc1nc2ccccc2c(=O)[nH]1. The van der Waals surface area contributed by atoms with Gasteiger partial charge in [0.1, 0.15) is 5.82 Å². The lowest BCUT2D eigenvalue weighted by atomic mass is 10.2. The Morgan fingerprint density at radius 3 is 2.78 bits per heavy atom. The second-order valence-electron chi connectivity index (χ2n) is 6.03. The van der Waals surface area contributed by atoms with E-state index in [0.29, 0.717) is 48.8 Å². The van der Waals surface area contributed by atoms with E-state index < -0.39 is 0 Å². The Balaban J connectivity index is 2.07. The molecule has 1 heterocycles. The van der Waals surface area contributed by atoms with Gasteiger partial charge in [-0.3, -0.25) is 14.5 Å². The summed E-state index contributed by atoms with van der Waals surface area (Å²) in [6, 6.07) is 7.24. The van der Waals surface area contributed by atoms with E-state index in [1.165, 1.54) is 0 Å². The van der Waals surface area contributed by atoms with Crippen LogP contribution in [0.5, 0.6) is 0 Å². The predicted molar refractivity (Wildman–Crippen MR) is 91.2 cm³/mol. The molecule has 0 spiro atoms. The fourth-order valence-corrected chi connectivity index (χ4v) is 2.28. The lowest BCUT2D eigenvalue weighted by Gasteiger charge is -2.19. The molecular formula is C17H24N4O2. The summed E-state index contributed by atoms with van der Waals surface area (Å²) in [5.74, 6) is 0.989. The van der Waals surface area contributed by atoms with E-state index in [1.54, 1.807) is 6.07 Å². The zero-order valence-electron chi connectivity index (χ0n) is 13.9. The Kier molecular flexibility index (Phi) is 5.87. The molecule has 1 aromatic heterocycles. The number of benzene rings is 1. The molecule has 2 rings (SSSR count). The fraction of sp³-hybridized carbons (Fsp3) is 0.471. The Labute approximate surface area is 135 Å². The number of rotatable bonds is 7. The molecule has 2 N–H and O–H groups in total. The molecule has 124 valence electrons. The van der Waals surface area contributed by atoms with Gasteiger partial charge in [-0.1, -0.05) is 32.9 Å². The van der Waals surface area contributed by atoms with Gasteiger partial charge in [0.2, 0.25) is 5.91 Å². The van der Waals surface area contributed by atoms with Crippen molar-refractivity contribution in [2.75, 3.05) is 19.6 Å². The summed E-state index contributed by atoms with van der Waals surface area (Å²) in [5.41, 5.74) is 0.525. The number of hydrogen-bond acceptors (Lipinski definition) is 4. The highest BCUT2D eigenvalue weighted by molar-refractivity contribution is 5.78. The van der Waals surface area contributed by atoms with Gasteiger partial charge in [-0.25, -0.2) is 4.98 Å². The number of nitrogens with zero attached hydrogens (tertiary/aromatic N) is 2. The number of para-hydroxylation sites is 1. The molecule has 6 heteroatoms. The molecule has 0 saturated carbocycles. The highest BCUT2D eigenvalue weighted by atomic mass is 16.2. The number of carbonyl (C=O) groups excluding carboxylic acids is 1. The summed E-state index contributed by atoms with van der Waals surface area (Å²) < 4.78 is 0. The van der Waals surface area contributed by atoms with Crippen molar-refractivity contribution in [1.82, 2.24) is 20.2 Å². The van der Waals surface area contributed by atoms with Gasteiger partial charge < -0.3 is 10.3 Å². The number of hydrogen-bond donors (Lipinski definition) is 2. The minimum Gasteiger partial charge on any atom is -0.355 e. The molecule has 23 heavy (non-hydrogen) atoms. The van der Waals surface area contributed by atoms with Crippen LogP contribution in [-0.4, -0.2) is 40.4 Å². The number of H-pyrrole nitrogens is 1. The molecule has 6 nitrogen and oxygen atoms in total. The number of aromatic amines is 1. The van der Waals surface area contributed by atoms with E-state index in [1.807, 2.05) is 30.0 Å². The highest BCUT2D eigenvalue weighted by Crippen LogP contribution is 2.07. The van der Waals surface area contributed by atoms with Gasteiger partial charge in [0.05, 0.1) is 24.0 Å². The summed E-state index contributed by atoms with van der Waals surface area (Å²) in [7, 11) is 0. The first-order valence-corrected chi connectivity index (χ1v) is 7.96. The number of fused-ring (bicyclic) bond motifs is 1. The van der Waals surface area contributed by atoms with Gasteiger partial charge in [-0.05, 0) is 24.6 Å². The van der Waals surface area contributed by atoms with Crippen LogP contribution >= 0.6 is 0 Å². The van der Waals surface area contributed by atoms with Gasteiger partial charge >= 0.3 is 0 Å². The first-order valence-electron chi connectivity index (χ1n) is 7.96. The van der Waals surface area contributed by atoms with Crippen LogP contribution in [0, 0.1) is 5.92 Å². The third kappa shape index (κ3) is 4.89. The van der Waals surface area contributed by atoms with Crippen LogP contribution in [0.2, 0.25) is 0 Å². The zero-order chi connectivity index (χ0) is 16.8. The number of amides is 1. The van der Waals surface area contributed by atoms with Crippen LogP contribution in [0.25, 0.3) is 10.9 Å². The zero-order valence-corrected chi connectivity index (χ0v) is 13.9. The Morgan fingerprint density at radius 1 is 1.35 bits per heavy atom. The molecule has 0 aliphatic carbocycles. The number of carbonyl (C=O) groups is 1. The van der Waals surface area contributed by atoms with E-state index >= 15 is 0 Å². The Bertz CT molecular complexity index is 724. The minimum absolute atomic E-state index is 0.0105. The maximum Gasteiger partial charge on any atom is 0.258 e. The van der Waals surface area contributed by atoms with Gasteiger partial charge in [0.15, 0.2) is 0 Å². The van der Waals surface area contributed by atoms with Crippen molar-refractivity contribution in [3.8, 4) is 0 Å². The third-order valence-electron chi connectivity index (χ3n) is 3.56. The van der Waals surface area contributed by atoms with Crippen molar-refractivity contribution in [2.24, 2.45) is 5.92 Å². The smallest absolute Gasteiger partial charge is 0.258 e. The van der Waals surface area contributed by atoms with Crippen LogP contribution in [0.1, 0.15) is 26.6 Å². The van der Waals surface area contributed by atoms with Crippen molar-refractivity contribution in [3.05, 3.63) is 40.4 Å². The van der Waals surface area contributed by atoms with Gasteiger partial charge in [-0.15, -0.1) is 0 Å². The van der Waals surface area contributed by atoms with E-state index in [0.717, 1.165) is 0 Å². The Hall–Kier alpha value is -2.21. The molecule has 1 aromatic carbocycles. The average Bonchev–Trinajstić information content (AvgIpc) is 2.52.